The Balaban J connectivity index is 0.00000259. The van der Waals surface area contributed by atoms with Gasteiger partial charge in [-0.15, -0.1) is 12.4 Å². The fraction of sp³-hybridized carbons (Fsp3) is 0.292. The normalized spacial score (nSPS) is 13.9. The quantitative estimate of drug-likeness (QED) is 0.361. The van der Waals surface area contributed by atoms with E-state index in [9.17, 15) is 18.0 Å². The summed E-state index contributed by atoms with van der Waals surface area (Å²) < 4.78 is 41.9. The molecule has 1 aliphatic carbocycles. The summed E-state index contributed by atoms with van der Waals surface area (Å²) >= 11 is 0. The molecule has 0 spiro atoms. The maximum atomic E-state index is 12.7. The van der Waals surface area contributed by atoms with Crippen LogP contribution < -0.4 is 5.69 Å². The van der Waals surface area contributed by atoms with E-state index >= 15 is 0 Å². The van der Waals surface area contributed by atoms with Gasteiger partial charge in [0.1, 0.15) is 5.69 Å². The Hall–Kier alpha value is -3.13. The molecule has 0 bridgehead atoms. The summed E-state index contributed by atoms with van der Waals surface area (Å²) in [5.74, 6) is 0. The van der Waals surface area contributed by atoms with Crippen LogP contribution in [0.1, 0.15) is 36.2 Å². The highest BCUT2D eigenvalue weighted by Crippen LogP contribution is 2.32. The molecule has 0 amide bonds. The van der Waals surface area contributed by atoms with E-state index in [4.69, 9.17) is 0 Å². The molecule has 0 unspecified atom stereocenters. The maximum Gasteiger partial charge on any atom is 0.433 e. The molecule has 0 aliphatic heterocycles. The van der Waals surface area contributed by atoms with E-state index in [1.165, 1.54) is 46.5 Å². The Morgan fingerprint density at radius 3 is 2.48 bits per heavy atom. The monoisotopic (exact) mass is 474 g/mol. The molecule has 3 heterocycles. The number of fused-ring (bicyclic) bond motifs is 3. The third kappa shape index (κ3) is 4.15. The van der Waals surface area contributed by atoms with Gasteiger partial charge in [-0.1, -0.05) is 12.5 Å². The average molecular weight is 475 g/mol. The van der Waals surface area contributed by atoms with Crippen molar-refractivity contribution in [2.45, 2.75) is 38.3 Å². The molecule has 0 radical (unpaired) electrons. The number of halogens is 4. The minimum atomic E-state index is -4.51. The van der Waals surface area contributed by atoms with Crippen LogP contribution in [0.15, 0.2) is 53.6 Å². The SMILES string of the molecule is Cl.Cn1c2c(c3ccc(-n4ccc(-c5ccc(C(F)(F)F)nc5)nc4=O)cc31)CCCCC2. The predicted molar refractivity (Wildman–Crippen MR) is 123 cm³/mol. The van der Waals surface area contributed by atoms with Gasteiger partial charge in [0.15, 0.2) is 0 Å². The van der Waals surface area contributed by atoms with Crippen molar-refractivity contribution in [3.63, 3.8) is 0 Å². The topological polar surface area (TPSA) is 52.7 Å². The largest absolute Gasteiger partial charge is 0.433 e. The van der Waals surface area contributed by atoms with Crippen LogP contribution in [0.4, 0.5) is 13.2 Å². The van der Waals surface area contributed by atoms with Gasteiger partial charge in [0, 0.05) is 36.1 Å². The van der Waals surface area contributed by atoms with Gasteiger partial charge >= 0.3 is 11.9 Å². The highest BCUT2D eigenvalue weighted by Gasteiger charge is 2.32. The maximum absolute atomic E-state index is 12.7. The number of pyridine rings is 1. The van der Waals surface area contributed by atoms with Crippen LogP contribution in [0.2, 0.25) is 0 Å². The van der Waals surface area contributed by atoms with E-state index in [-0.39, 0.29) is 18.1 Å². The minimum Gasteiger partial charge on any atom is -0.347 e. The van der Waals surface area contributed by atoms with Gasteiger partial charge in [-0.3, -0.25) is 9.55 Å². The van der Waals surface area contributed by atoms with E-state index in [1.54, 1.807) is 12.3 Å². The van der Waals surface area contributed by atoms with Crippen molar-refractivity contribution in [3.8, 4) is 16.9 Å². The van der Waals surface area contributed by atoms with Gasteiger partial charge in [-0.25, -0.2) is 4.79 Å². The molecule has 0 saturated carbocycles. The number of benzene rings is 1. The summed E-state index contributed by atoms with van der Waals surface area (Å²) in [5, 5.41) is 1.22. The molecule has 0 N–H and O–H groups in total. The van der Waals surface area contributed by atoms with Crippen LogP contribution in [-0.2, 0) is 26.1 Å². The highest BCUT2D eigenvalue weighted by atomic mass is 35.5. The number of alkyl halides is 3. The first-order valence-corrected chi connectivity index (χ1v) is 10.6. The molecule has 0 saturated heterocycles. The van der Waals surface area contributed by atoms with Gasteiger partial charge < -0.3 is 4.57 Å². The van der Waals surface area contributed by atoms with E-state index in [2.05, 4.69) is 27.6 Å². The molecule has 1 aromatic carbocycles. The molecule has 0 fully saturated rings. The predicted octanol–water partition coefficient (Wildman–Crippen LogP) is 5.50. The lowest BCUT2D eigenvalue weighted by molar-refractivity contribution is -0.141. The van der Waals surface area contributed by atoms with Crippen LogP contribution in [0, 0.1) is 0 Å². The van der Waals surface area contributed by atoms with Crippen molar-refractivity contribution in [2.24, 2.45) is 7.05 Å². The summed E-state index contributed by atoms with van der Waals surface area (Å²) in [6, 6.07) is 9.73. The van der Waals surface area contributed by atoms with Crippen LogP contribution in [-0.4, -0.2) is 19.1 Å². The van der Waals surface area contributed by atoms with E-state index in [0.717, 1.165) is 30.6 Å². The van der Waals surface area contributed by atoms with E-state index in [1.807, 2.05) is 12.1 Å². The molecule has 33 heavy (non-hydrogen) atoms. The number of nitrogens with zero attached hydrogens (tertiary/aromatic N) is 4. The second-order valence-corrected chi connectivity index (χ2v) is 8.14. The fourth-order valence-electron chi connectivity index (χ4n) is 4.55. The Morgan fingerprint density at radius 2 is 1.79 bits per heavy atom. The number of hydrogen-bond donors (Lipinski definition) is 0. The van der Waals surface area contributed by atoms with Crippen molar-refractivity contribution < 1.29 is 13.2 Å². The Morgan fingerprint density at radius 1 is 1.00 bits per heavy atom. The number of rotatable bonds is 2. The number of aryl methyl sites for hydroxylation is 2. The summed E-state index contributed by atoms with van der Waals surface area (Å²) in [4.78, 5) is 20.3. The van der Waals surface area contributed by atoms with Crippen molar-refractivity contribution >= 4 is 23.3 Å². The summed E-state index contributed by atoms with van der Waals surface area (Å²) in [6.07, 6.45) is 3.93. The van der Waals surface area contributed by atoms with Gasteiger partial charge in [0.05, 0.1) is 16.9 Å². The lowest BCUT2D eigenvalue weighted by Crippen LogP contribution is -2.21. The molecule has 172 valence electrons. The molecule has 4 aromatic rings. The molecule has 3 aromatic heterocycles. The van der Waals surface area contributed by atoms with Crippen LogP contribution in [0.5, 0.6) is 0 Å². The zero-order valence-electron chi connectivity index (χ0n) is 17.9. The van der Waals surface area contributed by atoms with Crippen LogP contribution >= 0.6 is 12.4 Å². The fourth-order valence-corrected chi connectivity index (χ4v) is 4.55. The summed E-state index contributed by atoms with van der Waals surface area (Å²) in [5.41, 5.74) is 3.69. The average Bonchev–Trinajstić information content (AvgIpc) is 2.93. The van der Waals surface area contributed by atoms with Gasteiger partial charge in [0.25, 0.3) is 0 Å². The molecule has 5 rings (SSSR count). The molecular weight excluding hydrogens is 453 g/mol. The number of hydrogen-bond acceptors (Lipinski definition) is 3. The first kappa shape index (κ1) is 23.0. The van der Waals surface area contributed by atoms with Gasteiger partial charge in [-0.2, -0.15) is 18.2 Å². The van der Waals surface area contributed by atoms with Crippen LogP contribution in [0.25, 0.3) is 27.8 Å². The minimum absolute atomic E-state index is 0. The van der Waals surface area contributed by atoms with Crippen molar-refractivity contribution in [1.29, 1.82) is 0 Å². The Bertz CT molecular complexity index is 1370. The first-order chi connectivity index (χ1) is 15.3. The molecule has 1 aliphatic rings. The van der Waals surface area contributed by atoms with Crippen molar-refractivity contribution in [1.82, 2.24) is 19.1 Å². The second-order valence-electron chi connectivity index (χ2n) is 8.14. The third-order valence-electron chi connectivity index (χ3n) is 6.19. The standard InChI is InChI=1S/C24H21F3N4O.ClH/c1-30-20-6-4-2-3-5-17(20)18-9-8-16(13-21(18)30)31-12-11-19(29-23(31)32)15-7-10-22(28-14-15)24(25,26)27;/h7-14H,2-6H2,1H3;1H. The Kier molecular flexibility index (Phi) is 6.05. The zero-order valence-corrected chi connectivity index (χ0v) is 18.7. The van der Waals surface area contributed by atoms with E-state index in [0.29, 0.717) is 11.3 Å². The summed E-state index contributed by atoms with van der Waals surface area (Å²) in [6.45, 7) is 0. The number of aromatic nitrogens is 4. The second kappa shape index (κ2) is 8.67. The molecular formula is C24H22ClF3N4O. The first-order valence-electron chi connectivity index (χ1n) is 10.6. The molecule has 5 nitrogen and oxygen atoms in total. The van der Waals surface area contributed by atoms with Crippen LogP contribution in [0.3, 0.4) is 0 Å². The zero-order chi connectivity index (χ0) is 22.5. The van der Waals surface area contributed by atoms with Gasteiger partial charge in [-0.05, 0) is 61.6 Å². The van der Waals surface area contributed by atoms with Crippen molar-refractivity contribution in [3.05, 3.63) is 76.2 Å². The lowest BCUT2D eigenvalue weighted by Gasteiger charge is -2.09. The van der Waals surface area contributed by atoms with Gasteiger partial charge in [0.2, 0.25) is 0 Å². The third-order valence-corrected chi connectivity index (χ3v) is 6.19. The molecule has 9 heteroatoms. The lowest BCUT2D eigenvalue weighted by atomic mass is 10.1. The summed E-state index contributed by atoms with van der Waals surface area (Å²) in [7, 11) is 2.07. The molecule has 0 atom stereocenters. The Labute approximate surface area is 194 Å². The van der Waals surface area contributed by atoms with E-state index < -0.39 is 17.6 Å². The highest BCUT2D eigenvalue weighted by molar-refractivity contribution is 5.87. The smallest absolute Gasteiger partial charge is 0.347 e. The van der Waals surface area contributed by atoms with Crippen molar-refractivity contribution in [2.75, 3.05) is 0 Å².